The van der Waals surface area contributed by atoms with Crippen LogP contribution in [0.2, 0.25) is 0 Å². The fraction of sp³-hybridized carbons (Fsp3) is 0.781. The molecular weight excluding hydrogens is 560 g/mol. The Morgan fingerprint density at radius 1 is 0.535 bits per heavy atom. The maximum atomic E-state index is 12.0. The van der Waals surface area contributed by atoms with E-state index >= 15 is 0 Å². The molecular formula is C32H56O11. The van der Waals surface area contributed by atoms with Gasteiger partial charge in [-0.05, 0) is 25.0 Å². The van der Waals surface area contributed by atoms with Gasteiger partial charge in [-0.2, -0.15) is 0 Å². The predicted octanol–water partition coefficient (Wildman–Crippen LogP) is 3.96. The molecule has 0 aliphatic rings. The molecule has 0 fully saturated rings. The summed E-state index contributed by atoms with van der Waals surface area (Å²) in [6.07, 6.45) is 3.84. The summed E-state index contributed by atoms with van der Waals surface area (Å²) in [4.78, 5) is 12.0. The monoisotopic (exact) mass is 616 g/mol. The lowest BCUT2D eigenvalue weighted by Gasteiger charge is -2.13. The minimum atomic E-state index is -0.118. The fourth-order valence-corrected chi connectivity index (χ4v) is 3.63. The van der Waals surface area contributed by atoms with Crippen molar-refractivity contribution < 1.29 is 52.2 Å². The van der Waals surface area contributed by atoms with E-state index in [-0.39, 0.29) is 18.5 Å². The highest BCUT2D eigenvalue weighted by Crippen LogP contribution is 2.14. The molecule has 1 aromatic carbocycles. The second-order valence-electron chi connectivity index (χ2n) is 9.48. The number of unbranched alkanes of at least 4 members (excludes halogenated alkanes) is 1. The number of rotatable bonds is 33. The number of para-hydroxylation sites is 1. The first kappa shape index (κ1) is 39.2. The van der Waals surface area contributed by atoms with Crippen LogP contribution in [0, 0.1) is 5.92 Å². The van der Waals surface area contributed by atoms with Crippen molar-refractivity contribution >= 4 is 5.97 Å². The Bertz CT molecular complexity index is 708. The normalized spacial score (nSPS) is 12.0. The molecule has 1 aromatic rings. The molecule has 0 saturated carbocycles. The Hall–Kier alpha value is -1.83. The van der Waals surface area contributed by atoms with E-state index in [1.54, 1.807) is 0 Å². The van der Waals surface area contributed by atoms with E-state index < -0.39 is 0 Å². The molecule has 0 aromatic heterocycles. The van der Waals surface area contributed by atoms with Crippen LogP contribution < -0.4 is 4.74 Å². The van der Waals surface area contributed by atoms with Crippen molar-refractivity contribution in [3.8, 4) is 5.75 Å². The highest BCUT2D eigenvalue weighted by molar-refractivity contribution is 5.72. The first-order valence-corrected chi connectivity index (χ1v) is 15.7. The second kappa shape index (κ2) is 31.6. The number of benzene rings is 1. The largest absolute Gasteiger partial charge is 0.491 e. The number of hydrogen-bond donors (Lipinski definition) is 0. The van der Waals surface area contributed by atoms with E-state index in [9.17, 15) is 4.79 Å². The standard InChI is InChI=1S/C32H56O11/c1-3-5-9-30(4-2)32(33)43-29-27-41-25-23-39-21-19-37-17-15-35-13-12-34-14-16-36-18-20-38-22-24-40-26-28-42-31-10-7-6-8-11-31/h6-8,10-11,30H,3-5,9,12-29H2,1-2H3. The quantitative estimate of drug-likeness (QED) is 0.0846. The second-order valence-corrected chi connectivity index (χ2v) is 9.48. The summed E-state index contributed by atoms with van der Waals surface area (Å²) in [5.74, 6) is 0.724. The van der Waals surface area contributed by atoms with Gasteiger partial charge in [-0.25, -0.2) is 0 Å². The van der Waals surface area contributed by atoms with Crippen LogP contribution in [0.25, 0.3) is 0 Å². The van der Waals surface area contributed by atoms with Crippen LogP contribution in [0.4, 0.5) is 0 Å². The van der Waals surface area contributed by atoms with Crippen molar-refractivity contribution in [2.45, 2.75) is 39.5 Å². The third-order valence-electron chi connectivity index (χ3n) is 6.05. The molecule has 1 unspecified atom stereocenters. The Morgan fingerprint density at radius 2 is 0.907 bits per heavy atom. The lowest BCUT2D eigenvalue weighted by atomic mass is 10.00. The van der Waals surface area contributed by atoms with Crippen LogP contribution in [-0.2, 0) is 47.4 Å². The predicted molar refractivity (Wildman–Crippen MR) is 163 cm³/mol. The molecule has 11 heteroatoms. The van der Waals surface area contributed by atoms with Crippen molar-refractivity contribution in [1.29, 1.82) is 0 Å². The van der Waals surface area contributed by atoms with Crippen LogP contribution in [-0.4, -0.2) is 125 Å². The van der Waals surface area contributed by atoms with Crippen molar-refractivity contribution in [3.05, 3.63) is 30.3 Å². The third kappa shape index (κ3) is 26.3. The van der Waals surface area contributed by atoms with Crippen molar-refractivity contribution in [1.82, 2.24) is 0 Å². The minimum absolute atomic E-state index is 0.000840. The smallest absolute Gasteiger partial charge is 0.308 e. The first-order valence-electron chi connectivity index (χ1n) is 15.7. The van der Waals surface area contributed by atoms with Crippen LogP contribution in [0.1, 0.15) is 39.5 Å². The summed E-state index contributed by atoms with van der Waals surface area (Å²) in [5, 5.41) is 0. The van der Waals surface area contributed by atoms with Gasteiger partial charge < -0.3 is 47.4 Å². The Labute approximate surface area is 258 Å². The van der Waals surface area contributed by atoms with Gasteiger partial charge in [0, 0.05) is 0 Å². The van der Waals surface area contributed by atoms with E-state index in [4.69, 9.17) is 47.4 Å². The van der Waals surface area contributed by atoms with Crippen molar-refractivity contribution in [3.63, 3.8) is 0 Å². The van der Waals surface area contributed by atoms with Gasteiger partial charge in [0.05, 0.1) is 112 Å². The number of carbonyl (C=O) groups excluding carboxylic acids is 1. The average molecular weight is 617 g/mol. The molecule has 0 amide bonds. The molecule has 1 atom stereocenters. The van der Waals surface area contributed by atoms with Crippen LogP contribution in [0.5, 0.6) is 5.75 Å². The highest BCUT2D eigenvalue weighted by Gasteiger charge is 2.16. The Morgan fingerprint density at radius 3 is 1.28 bits per heavy atom. The SMILES string of the molecule is CCCCC(CC)C(=O)OCCOCCOCCOCCOCCOCCOCCOCCOCCOc1ccccc1. The van der Waals surface area contributed by atoms with Gasteiger partial charge in [-0.3, -0.25) is 4.79 Å². The summed E-state index contributed by atoms with van der Waals surface area (Å²) in [5.41, 5.74) is 0. The summed E-state index contributed by atoms with van der Waals surface area (Å²) >= 11 is 0. The fourth-order valence-electron chi connectivity index (χ4n) is 3.63. The van der Waals surface area contributed by atoms with E-state index in [1.165, 1.54) is 0 Å². The minimum Gasteiger partial charge on any atom is -0.491 e. The van der Waals surface area contributed by atoms with Gasteiger partial charge in [-0.15, -0.1) is 0 Å². The van der Waals surface area contributed by atoms with E-state index in [0.29, 0.717) is 112 Å². The molecule has 11 nitrogen and oxygen atoms in total. The highest BCUT2D eigenvalue weighted by atomic mass is 16.6. The average Bonchev–Trinajstić information content (AvgIpc) is 3.03. The van der Waals surface area contributed by atoms with Gasteiger partial charge in [-0.1, -0.05) is 44.9 Å². The van der Waals surface area contributed by atoms with Crippen LogP contribution >= 0.6 is 0 Å². The zero-order valence-electron chi connectivity index (χ0n) is 26.5. The van der Waals surface area contributed by atoms with E-state index in [0.717, 1.165) is 31.4 Å². The molecule has 0 bridgehead atoms. The maximum absolute atomic E-state index is 12.0. The molecule has 0 aliphatic carbocycles. The summed E-state index contributed by atoms with van der Waals surface area (Å²) < 4.78 is 54.6. The van der Waals surface area contributed by atoms with Crippen LogP contribution in [0.15, 0.2) is 30.3 Å². The lowest BCUT2D eigenvalue weighted by molar-refractivity contribution is -0.150. The number of carbonyl (C=O) groups is 1. The van der Waals surface area contributed by atoms with E-state index in [1.807, 2.05) is 37.3 Å². The van der Waals surface area contributed by atoms with Crippen molar-refractivity contribution in [2.75, 3.05) is 119 Å². The zero-order valence-corrected chi connectivity index (χ0v) is 26.5. The van der Waals surface area contributed by atoms with Gasteiger partial charge in [0.15, 0.2) is 0 Å². The summed E-state index contributed by atoms with van der Waals surface area (Å²) in [7, 11) is 0. The third-order valence-corrected chi connectivity index (χ3v) is 6.05. The van der Waals surface area contributed by atoms with E-state index in [2.05, 4.69) is 6.92 Å². The zero-order chi connectivity index (χ0) is 30.9. The van der Waals surface area contributed by atoms with Crippen LogP contribution in [0.3, 0.4) is 0 Å². The Kier molecular flexibility index (Phi) is 28.8. The van der Waals surface area contributed by atoms with Gasteiger partial charge >= 0.3 is 5.97 Å². The molecule has 0 N–H and O–H groups in total. The number of ether oxygens (including phenoxy) is 10. The first-order chi connectivity index (χ1) is 21.3. The molecule has 0 radical (unpaired) electrons. The molecule has 43 heavy (non-hydrogen) atoms. The summed E-state index contributed by atoms with van der Waals surface area (Å²) in [6.45, 7) is 12.8. The van der Waals surface area contributed by atoms with Crippen molar-refractivity contribution in [2.24, 2.45) is 5.92 Å². The number of hydrogen-bond acceptors (Lipinski definition) is 11. The van der Waals surface area contributed by atoms with Gasteiger partial charge in [0.1, 0.15) is 19.0 Å². The molecule has 0 saturated heterocycles. The molecule has 250 valence electrons. The molecule has 0 heterocycles. The van der Waals surface area contributed by atoms with Gasteiger partial charge in [0.2, 0.25) is 0 Å². The summed E-state index contributed by atoms with van der Waals surface area (Å²) in [6, 6.07) is 9.67. The molecule has 0 aliphatic heterocycles. The van der Waals surface area contributed by atoms with Gasteiger partial charge in [0.25, 0.3) is 0 Å². The lowest BCUT2D eigenvalue weighted by Crippen LogP contribution is -2.20. The maximum Gasteiger partial charge on any atom is 0.308 e. The molecule has 0 spiro atoms. The molecule has 1 rings (SSSR count). The Balaban J connectivity index is 1.67. The topological polar surface area (TPSA) is 109 Å². The number of esters is 1.